The second kappa shape index (κ2) is 6.30. The van der Waals surface area contributed by atoms with Gasteiger partial charge < -0.3 is 10.6 Å². The Bertz CT molecular complexity index is 344. The summed E-state index contributed by atoms with van der Waals surface area (Å²) in [6.07, 6.45) is 11.1. The zero-order chi connectivity index (χ0) is 12.8. The molecule has 0 radical (unpaired) electrons. The second-order valence-electron chi connectivity index (χ2n) is 5.77. The van der Waals surface area contributed by atoms with Crippen LogP contribution in [0.1, 0.15) is 37.7 Å². The first-order valence-corrected chi connectivity index (χ1v) is 7.04. The Balaban J connectivity index is 1.76. The Morgan fingerprint density at radius 3 is 2.56 bits per heavy atom. The molecule has 1 aliphatic carbocycles. The van der Waals surface area contributed by atoms with Crippen LogP contribution in [-0.2, 0) is 6.42 Å². The van der Waals surface area contributed by atoms with Gasteiger partial charge in [-0.1, -0.05) is 19.3 Å². The minimum atomic E-state index is 0.0608. The van der Waals surface area contributed by atoms with Crippen molar-refractivity contribution < 1.29 is 0 Å². The molecule has 100 valence electrons. The molecule has 0 bridgehead atoms. The number of hydrogen-bond donors (Lipinski definition) is 1. The van der Waals surface area contributed by atoms with Crippen molar-refractivity contribution in [2.75, 3.05) is 20.1 Å². The maximum atomic E-state index is 6.48. The molecule has 2 rings (SSSR count). The van der Waals surface area contributed by atoms with Gasteiger partial charge in [0.1, 0.15) is 0 Å². The van der Waals surface area contributed by atoms with Crippen molar-refractivity contribution in [1.29, 1.82) is 0 Å². The van der Waals surface area contributed by atoms with E-state index in [2.05, 4.69) is 29.1 Å². The van der Waals surface area contributed by atoms with E-state index in [4.69, 9.17) is 5.73 Å². The van der Waals surface area contributed by atoms with Gasteiger partial charge in [-0.2, -0.15) is 0 Å². The van der Waals surface area contributed by atoms with Crippen LogP contribution in [0.15, 0.2) is 24.5 Å². The number of aromatic nitrogens is 1. The van der Waals surface area contributed by atoms with E-state index in [0.717, 1.165) is 19.5 Å². The Hall–Kier alpha value is -0.930. The molecule has 1 saturated carbocycles. The highest BCUT2D eigenvalue weighted by Gasteiger charge is 2.28. The first-order valence-electron chi connectivity index (χ1n) is 7.04. The van der Waals surface area contributed by atoms with Gasteiger partial charge in [0.25, 0.3) is 0 Å². The molecule has 1 aromatic rings. The molecule has 1 aliphatic rings. The summed E-state index contributed by atoms with van der Waals surface area (Å²) in [5, 5.41) is 0. The SMILES string of the molecule is CN(CCc1ccncc1)CC1(N)CCCCC1. The minimum absolute atomic E-state index is 0.0608. The van der Waals surface area contributed by atoms with Crippen molar-refractivity contribution in [3.05, 3.63) is 30.1 Å². The standard InChI is InChI=1S/C15H25N3/c1-18(12-7-14-5-10-17-11-6-14)13-15(16)8-3-2-4-9-15/h5-6,10-11H,2-4,7-9,12-13,16H2,1H3. The summed E-state index contributed by atoms with van der Waals surface area (Å²) in [4.78, 5) is 6.42. The van der Waals surface area contributed by atoms with Crippen molar-refractivity contribution in [3.63, 3.8) is 0 Å². The fourth-order valence-corrected chi connectivity index (χ4v) is 2.90. The lowest BCUT2D eigenvalue weighted by atomic mass is 9.82. The van der Waals surface area contributed by atoms with Crippen LogP contribution in [0.25, 0.3) is 0 Å². The summed E-state index contributed by atoms with van der Waals surface area (Å²) in [5.74, 6) is 0. The lowest BCUT2D eigenvalue weighted by Crippen LogP contribution is -2.50. The highest BCUT2D eigenvalue weighted by atomic mass is 15.1. The fourth-order valence-electron chi connectivity index (χ4n) is 2.90. The van der Waals surface area contributed by atoms with E-state index in [9.17, 15) is 0 Å². The van der Waals surface area contributed by atoms with Gasteiger partial charge in [0.2, 0.25) is 0 Å². The Morgan fingerprint density at radius 1 is 1.22 bits per heavy atom. The Labute approximate surface area is 110 Å². The summed E-state index contributed by atoms with van der Waals surface area (Å²) in [6.45, 7) is 2.10. The van der Waals surface area contributed by atoms with Crippen molar-refractivity contribution in [2.24, 2.45) is 5.73 Å². The molecule has 0 aromatic carbocycles. The van der Waals surface area contributed by atoms with Gasteiger partial charge in [0.05, 0.1) is 0 Å². The molecule has 1 heterocycles. The van der Waals surface area contributed by atoms with Crippen molar-refractivity contribution >= 4 is 0 Å². The van der Waals surface area contributed by atoms with Gasteiger partial charge in [-0.05, 0) is 44.0 Å². The van der Waals surface area contributed by atoms with Crippen molar-refractivity contribution in [3.8, 4) is 0 Å². The molecule has 0 atom stereocenters. The predicted molar refractivity (Wildman–Crippen MR) is 75.4 cm³/mol. The number of nitrogens with two attached hydrogens (primary N) is 1. The van der Waals surface area contributed by atoms with E-state index < -0.39 is 0 Å². The van der Waals surface area contributed by atoms with Gasteiger partial charge >= 0.3 is 0 Å². The third kappa shape index (κ3) is 4.07. The van der Waals surface area contributed by atoms with Crippen LogP contribution in [0, 0.1) is 0 Å². The van der Waals surface area contributed by atoms with Crippen LogP contribution >= 0.6 is 0 Å². The average Bonchev–Trinajstić information content (AvgIpc) is 2.38. The summed E-state index contributed by atoms with van der Waals surface area (Å²) in [7, 11) is 2.18. The highest BCUT2D eigenvalue weighted by Crippen LogP contribution is 2.26. The quantitative estimate of drug-likeness (QED) is 0.867. The largest absolute Gasteiger partial charge is 0.324 e. The molecule has 3 nitrogen and oxygen atoms in total. The molecular formula is C15H25N3. The summed E-state index contributed by atoms with van der Waals surface area (Å²) < 4.78 is 0. The van der Waals surface area contributed by atoms with Crippen LogP contribution in [0.3, 0.4) is 0 Å². The lowest BCUT2D eigenvalue weighted by molar-refractivity contribution is 0.199. The molecular weight excluding hydrogens is 222 g/mol. The summed E-state index contributed by atoms with van der Waals surface area (Å²) in [6, 6.07) is 4.18. The number of pyridine rings is 1. The van der Waals surface area contributed by atoms with E-state index in [0.29, 0.717) is 0 Å². The topological polar surface area (TPSA) is 42.2 Å². The molecule has 0 amide bonds. The number of hydrogen-bond acceptors (Lipinski definition) is 3. The molecule has 0 spiro atoms. The van der Waals surface area contributed by atoms with E-state index in [-0.39, 0.29) is 5.54 Å². The first-order chi connectivity index (χ1) is 8.68. The molecule has 0 aliphatic heterocycles. The predicted octanol–water partition coefficient (Wildman–Crippen LogP) is 2.22. The number of rotatable bonds is 5. The smallest absolute Gasteiger partial charge is 0.0283 e. The molecule has 1 aromatic heterocycles. The Morgan fingerprint density at radius 2 is 1.89 bits per heavy atom. The van der Waals surface area contributed by atoms with Crippen LogP contribution in [0.5, 0.6) is 0 Å². The second-order valence-corrected chi connectivity index (χ2v) is 5.77. The van der Waals surface area contributed by atoms with Crippen LogP contribution in [0.2, 0.25) is 0 Å². The normalized spacial score (nSPS) is 19.1. The van der Waals surface area contributed by atoms with E-state index in [1.54, 1.807) is 0 Å². The van der Waals surface area contributed by atoms with Gasteiger partial charge in [0.15, 0.2) is 0 Å². The molecule has 18 heavy (non-hydrogen) atoms. The van der Waals surface area contributed by atoms with Gasteiger partial charge in [-0.25, -0.2) is 0 Å². The Kier molecular flexibility index (Phi) is 4.72. The van der Waals surface area contributed by atoms with Crippen LogP contribution in [0.4, 0.5) is 0 Å². The van der Waals surface area contributed by atoms with Crippen molar-refractivity contribution in [1.82, 2.24) is 9.88 Å². The van der Waals surface area contributed by atoms with Crippen molar-refractivity contribution in [2.45, 2.75) is 44.1 Å². The van der Waals surface area contributed by atoms with Gasteiger partial charge in [0, 0.05) is 31.0 Å². The third-order valence-electron chi connectivity index (χ3n) is 3.97. The summed E-state index contributed by atoms with van der Waals surface area (Å²) in [5.41, 5.74) is 7.89. The fraction of sp³-hybridized carbons (Fsp3) is 0.667. The number of likely N-dealkylation sites (N-methyl/N-ethyl adjacent to an activating group) is 1. The van der Waals surface area contributed by atoms with Crippen LogP contribution in [-0.4, -0.2) is 35.6 Å². The minimum Gasteiger partial charge on any atom is -0.324 e. The monoisotopic (exact) mass is 247 g/mol. The molecule has 2 N–H and O–H groups in total. The maximum absolute atomic E-state index is 6.48. The zero-order valence-corrected chi connectivity index (χ0v) is 11.4. The highest BCUT2D eigenvalue weighted by molar-refractivity contribution is 5.09. The lowest BCUT2D eigenvalue weighted by Gasteiger charge is -2.36. The zero-order valence-electron chi connectivity index (χ0n) is 11.4. The molecule has 3 heteroatoms. The molecule has 0 unspecified atom stereocenters. The third-order valence-corrected chi connectivity index (χ3v) is 3.97. The molecule has 0 saturated heterocycles. The van der Waals surface area contributed by atoms with E-state index in [1.165, 1.54) is 37.7 Å². The maximum Gasteiger partial charge on any atom is 0.0283 e. The first kappa shape index (κ1) is 13.5. The summed E-state index contributed by atoms with van der Waals surface area (Å²) >= 11 is 0. The van der Waals surface area contributed by atoms with Gasteiger partial charge in [-0.15, -0.1) is 0 Å². The van der Waals surface area contributed by atoms with E-state index >= 15 is 0 Å². The van der Waals surface area contributed by atoms with Gasteiger partial charge in [-0.3, -0.25) is 4.98 Å². The molecule has 1 fully saturated rings. The number of nitrogens with zero attached hydrogens (tertiary/aromatic N) is 2. The average molecular weight is 247 g/mol. The van der Waals surface area contributed by atoms with E-state index in [1.807, 2.05) is 12.4 Å². The van der Waals surface area contributed by atoms with Crippen LogP contribution < -0.4 is 5.73 Å².